The highest BCUT2D eigenvalue weighted by Gasteiger charge is 2.38. The zero-order valence-electron chi connectivity index (χ0n) is 18.1. The van der Waals surface area contributed by atoms with Gasteiger partial charge in [-0.1, -0.05) is 69.9 Å². The maximum atomic E-state index is 11.1. The first kappa shape index (κ1) is 24.6. The van der Waals surface area contributed by atoms with Crippen LogP contribution < -0.4 is 10.8 Å². The number of carboxylic acids is 1. The molecule has 28 heavy (non-hydrogen) atoms. The topological polar surface area (TPSA) is 78.5 Å². The number of nitrogens with two attached hydrogens (primary N) is 1. The summed E-state index contributed by atoms with van der Waals surface area (Å²) in [6.07, 6.45) is 23.8. The van der Waals surface area contributed by atoms with Gasteiger partial charge in [-0.15, -0.1) is 0 Å². The van der Waals surface area contributed by atoms with Gasteiger partial charge in [-0.3, -0.25) is 5.73 Å². The fraction of sp³-hybridized carbons (Fsp3) is 0.739. The van der Waals surface area contributed by atoms with E-state index in [0.717, 1.165) is 25.1 Å². The van der Waals surface area contributed by atoms with E-state index in [4.69, 9.17) is 5.73 Å². The highest BCUT2D eigenvalue weighted by molar-refractivity contribution is 5.81. The van der Waals surface area contributed by atoms with Crippen molar-refractivity contribution in [3.05, 3.63) is 24.6 Å². The van der Waals surface area contributed by atoms with E-state index in [1.807, 2.05) is 6.92 Å². The average Bonchev–Trinajstić information content (AvgIpc) is 3.05. The average molecular weight is 392 g/mol. The molecule has 2 N–H and O–H groups in total. The number of nitrogens with zero attached hydrogens (tertiary/aromatic N) is 2. The summed E-state index contributed by atoms with van der Waals surface area (Å²) in [6.45, 7) is 3.78. The summed E-state index contributed by atoms with van der Waals surface area (Å²) in [5.74, 6) is -0.233. The van der Waals surface area contributed by atoms with Gasteiger partial charge in [0, 0.05) is 13.3 Å². The van der Waals surface area contributed by atoms with Crippen LogP contribution in [0.1, 0.15) is 97.3 Å². The van der Waals surface area contributed by atoms with Gasteiger partial charge in [0.05, 0.1) is 12.2 Å². The largest absolute Gasteiger partial charge is 0.544 e. The van der Waals surface area contributed by atoms with Gasteiger partial charge in [0.15, 0.2) is 0 Å². The summed E-state index contributed by atoms with van der Waals surface area (Å²) in [6, 6.07) is 0. The van der Waals surface area contributed by atoms with Gasteiger partial charge in [-0.2, -0.15) is 0 Å². The van der Waals surface area contributed by atoms with Crippen molar-refractivity contribution in [2.45, 2.75) is 103 Å². The molecule has 0 aromatic carbocycles. The molecule has 5 nitrogen and oxygen atoms in total. The van der Waals surface area contributed by atoms with Gasteiger partial charge in [-0.05, 0) is 26.2 Å². The van der Waals surface area contributed by atoms with Gasteiger partial charge < -0.3 is 9.90 Å². The van der Waals surface area contributed by atoms with Crippen LogP contribution in [0.25, 0.3) is 0 Å². The Hall–Kier alpha value is -1.46. The van der Waals surface area contributed by atoms with Gasteiger partial charge in [0.2, 0.25) is 5.84 Å². The second-order valence-corrected chi connectivity index (χ2v) is 8.04. The SMILES string of the molecule is C/C=C/CCCCCCCCCCCCCC1=NC=C[N+]1(CC(=O)[O-])C(C)N. The number of aliphatic imine (C=N–C) groups is 1. The molecule has 1 aliphatic heterocycles. The zero-order valence-corrected chi connectivity index (χ0v) is 18.1. The lowest BCUT2D eigenvalue weighted by Gasteiger charge is -2.36. The van der Waals surface area contributed by atoms with Crippen molar-refractivity contribution in [2.24, 2.45) is 10.7 Å². The Morgan fingerprint density at radius 3 is 2.11 bits per heavy atom. The molecule has 0 radical (unpaired) electrons. The number of quaternary nitrogens is 1. The molecule has 2 atom stereocenters. The minimum Gasteiger partial charge on any atom is -0.544 e. The Morgan fingerprint density at radius 1 is 1.07 bits per heavy atom. The number of unbranched alkanes of at least 4 members (excludes halogenated alkanes) is 11. The van der Waals surface area contributed by atoms with Crippen molar-refractivity contribution < 1.29 is 14.4 Å². The second-order valence-electron chi connectivity index (χ2n) is 8.04. The lowest BCUT2D eigenvalue weighted by atomic mass is 10.0. The van der Waals surface area contributed by atoms with Gasteiger partial charge in [-0.25, -0.2) is 9.48 Å². The normalized spacial score (nSPS) is 20.0. The lowest BCUT2D eigenvalue weighted by molar-refractivity contribution is -0.808. The summed E-state index contributed by atoms with van der Waals surface area (Å²) in [4.78, 5) is 15.5. The molecule has 160 valence electrons. The molecule has 2 unspecified atom stereocenters. The number of rotatable bonds is 17. The fourth-order valence-electron chi connectivity index (χ4n) is 3.88. The van der Waals surface area contributed by atoms with Crippen LogP contribution in [0.3, 0.4) is 0 Å². The summed E-state index contributed by atoms with van der Waals surface area (Å²) < 4.78 is 0.108. The van der Waals surface area contributed by atoms with E-state index in [2.05, 4.69) is 24.1 Å². The summed E-state index contributed by atoms with van der Waals surface area (Å²) in [7, 11) is 0. The van der Waals surface area contributed by atoms with Gasteiger partial charge in [0.1, 0.15) is 18.9 Å². The minimum atomic E-state index is -1.09. The first-order chi connectivity index (χ1) is 13.5. The van der Waals surface area contributed by atoms with Crippen molar-refractivity contribution in [2.75, 3.05) is 6.54 Å². The van der Waals surface area contributed by atoms with Crippen LogP contribution in [0, 0.1) is 0 Å². The van der Waals surface area contributed by atoms with E-state index in [9.17, 15) is 9.90 Å². The Morgan fingerprint density at radius 2 is 1.61 bits per heavy atom. The summed E-state index contributed by atoms with van der Waals surface area (Å²) >= 11 is 0. The molecule has 1 heterocycles. The number of hydrogen-bond donors (Lipinski definition) is 1. The highest BCUT2D eigenvalue weighted by Crippen LogP contribution is 2.23. The van der Waals surface area contributed by atoms with Gasteiger partial charge in [0.25, 0.3) is 0 Å². The molecule has 5 heteroatoms. The number of carbonyl (C=O) groups is 1. The molecular weight excluding hydrogens is 350 g/mol. The lowest BCUT2D eigenvalue weighted by Crippen LogP contribution is -2.60. The smallest absolute Gasteiger partial charge is 0.209 e. The number of aliphatic carboxylic acids is 1. The van der Waals surface area contributed by atoms with Crippen molar-refractivity contribution in [1.29, 1.82) is 0 Å². The van der Waals surface area contributed by atoms with Gasteiger partial charge >= 0.3 is 0 Å². The second kappa shape index (κ2) is 14.5. The quantitative estimate of drug-likeness (QED) is 0.227. The molecule has 1 rings (SSSR count). The van der Waals surface area contributed by atoms with Crippen LogP contribution >= 0.6 is 0 Å². The molecule has 0 aromatic rings. The standard InChI is InChI=1S/C23H41N3O2/c1-3-4-5-6-7-8-9-10-11-12-13-14-15-16-17-22-25-18-19-26(22,21(2)24)20-23(27)28/h3-4,18-19,21H,5-17,20,24H2,1-2H3/b4-3+. The first-order valence-corrected chi connectivity index (χ1v) is 11.2. The Bertz CT molecular complexity index is 526. The first-order valence-electron chi connectivity index (χ1n) is 11.2. The third kappa shape index (κ3) is 9.16. The maximum absolute atomic E-state index is 11.1. The number of allylic oxidation sites excluding steroid dienone is 2. The molecule has 0 amide bonds. The maximum Gasteiger partial charge on any atom is 0.209 e. The highest BCUT2D eigenvalue weighted by atomic mass is 16.4. The molecule has 0 aromatic heterocycles. The molecule has 0 aliphatic carbocycles. The third-order valence-electron chi connectivity index (χ3n) is 5.66. The zero-order chi connectivity index (χ0) is 20.7. The van der Waals surface area contributed by atoms with Crippen molar-refractivity contribution >= 4 is 11.8 Å². The van der Waals surface area contributed by atoms with Crippen LogP contribution in [0.15, 0.2) is 29.5 Å². The molecule has 0 bridgehead atoms. The molecule has 1 aliphatic rings. The van der Waals surface area contributed by atoms with E-state index in [1.165, 1.54) is 64.2 Å². The predicted octanol–water partition coefficient (Wildman–Crippen LogP) is 4.39. The van der Waals surface area contributed by atoms with Crippen molar-refractivity contribution in [3.63, 3.8) is 0 Å². The number of carboxylic acid groups (broad SMARTS) is 1. The summed E-state index contributed by atoms with van der Waals surface area (Å²) in [5.41, 5.74) is 6.07. The van der Waals surface area contributed by atoms with Crippen LogP contribution in [-0.4, -0.2) is 29.0 Å². The van der Waals surface area contributed by atoms with E-state index >= 15 is 0 Å². The van der Waals surface area contributed by atoms with Crippen LogP contribution in [0.2, 0.25) is 0 Å². The number of amidine groups is 1. The third-order valence-corrected chi connectivity index (χ3v) is 5.66. The molecule has 0 saturated carbocycles. The molecule has 0 fully saturated rings. The predicted molar refractivity (Wildman–Crippen MR) is 115 cm³/mol. The van der Waals surface area contributed by atoms with Crippen LogP contribution in [0.5, 0.6) is 0 Å². The van der Waals surface area contributed by atoms with Crippen LogP contribution in [0.4, 0.5) is 0 Å². The minimum absolute atomic E-state index is 0.108. The van der Waals surface area contributed by atoms with Crippen molar-refractivity contribution in [3.8, 4) is 0 Å². The summed E-state index contributed by atoms with van der Waals surface area (Å²) in [5, 5.41) is 11.1. The molecule has 0 saturated heterocycles. The van der Waals surface area contributed by atoms with Crippen LogP contribution in [-0.2, 0) is 4.79 Å². The molecule has 0 spiro atoms. The van der Waals surface area contributed by atoms with E-state index in [1.54, 1.807) is 12.4 Å². The number of carbonyl (C=O) groups excluding carboxylic acids is 1. The van der Waals surface area contributed by atoms with E-state index < -0.39 is 5.97 Å². The Labute approximate surface area is 172 Å². The Balaban J connectivity index is 2.05. The fourth-order valence-corrected chi connectivity index (χ4v) is 3.88. The number of hydrogen-bond acceptors (Lipinski definition) is 4. The van der Waals surface area contributed by atoms with E-state index in [-0.39, 0.29) is 17.2 Å². The molecular formula is C23H41N3O2. The Kier molecular flexibility index (Phi) is 12.8. The van der Waals surface area contributed by atoms with Crippen molar-refractivity contribution in [1.82, 2.24) is 0 Å². The monoisotopic (exact) mass is 391 g/mol. The van der Waals surface area contributed by atoms with E-state index in [0.29, 0.717) is 0 Å².